The van der Waals surface area contributed by atoms with Gasteiger partial charge in [0.1, 0.15) is 6.10 Å². The number of amides is 2. The molecule has 6 nitrogen and oxygen atoms in total. The number of para-hydroxylation sites is 1. The normalized spacial score (nSPS) is 20.6. The Morgan fingerprint density at radius 2 is 1.75 bits per heavy atom. The molecule has 2 aromatic carbocycles. The first-order chi connectivity index (χ1) is 15.0. The third-order valence-electron chi connectivity index (χ3n) is 6.48. The van der Waals surface area contributed by atoms with Gasteiger partial charge in [0.2, 0.25) is 0 Å². The summed E-state index contributed by atoms with van der Waals surface area (Å²) in [5.41, 5.74) is 2.60. The first kappa shape index (κ1) is 24.2. The van der Waals surface area contributed by atoms with E-state index in [1.165, 1.54) is 5.56 Å². The predicted octanol–water partition coefficient (Wildman–Crippen LogP) is 3.30. The van der Waals surface area contributed by atoms with Gasteiger partial charge in [0.05, 0.1) is 12.1 Å². The molecule has 172 valence electrons. The van der Waals surface area contributed by atoms with E-state index in [0.29, 0.717) is 12.1 Å². The van der Waals surface area contributed by atoms with Gasteiger partial charge in [0, 0.05) is 37.9 Å². The molecule has 2 amide bonds. The highest BCUT2D eigenvalue weighted by molar-refractivity contribution is 5.97. The van der Waals surface area contributed by atoms with E-state index in [2.05, 4.69) is 10.2 Å². The Hall–Kier alpha value is -2.41. The summed E-state index contributed by atoms with van der Waals surface area (Å²) in [6.07, 6.45) is 2.37. The fraction of sp³-hybridized carbons (Fsp3) is 0.440. The lowest BCUT2D eigenvalue weighted by atomic mass is 9.88. The number of hydrogen-bond donors (Lipinski definition) is 1. The zero-order valence-electron chi connectivity index (χ0n) is 18.8. The van der Waals surface area contributed by atoms with Crippen molar-refractivity contribution in [2.24, 2.45) is 0 Å². The molecule has 4 rings (SSSR count). The largest absolute Gasteiger partial charge is 0.360 e. The van der Waals surface area contributed by atoms with Gasteiger partial charge < -0.3 is 19.9 Å². The number of carbonyl (C=O) groups is 2. The van der Waals surface area contributed by atoms with E-state index < -0.39 is 6.10 Å². The maximum Gasteiger partial charge on any atom is 0.255 e. The van der Waals surface area contributed by atoms with Crippen LogP contribution in [-0.2, 0) is 16.0 Å². The third-order valence-corrected chi connectivity index (χ3v) is 6.48. The minimum atomic E-state index is -0.417. The van der Waals surface area contributed by atoms with Crippen LogP contribution in [0.5, 0.6) is 0 Å². The Kier molecular flexibility index (Phi) is 7.93. The van der Waals surface area contributed by atoms with Crippen LogP contribution in [0.4, 0.5) is 5.69 Å². The van der Waals surface area contributed by atoms with Crippen LogP contribution in [0.2, 0.25) is 0 Å². The van der Waals surface area contributed by atoms with Gasteiger partial charge >= 0.3 is 0 Å². The number of likely N-dealkylation sites (tertiary alicyclic amines) is 1. The number of benzene rings is 2. The lowest BCUT2D eigenvalue weighted by molar-refractivity contribution is -0.161. The number of morpholine rings is 1. The van der Waals surface area contributed by atoms with Gasteiger partial charge in [-0.1, -0.05) is 30.3 Å². The molecule has 2 aromatic rings. The Labute approximate surface area is 196 Å². The van der Waals surface area contributed by atoms with Crippen LogP contribution in [-0.4, -0.2) is 61.6 Å². The van der Waals surface area contributed by atoms with E-state index in [9.17, 15) is 9.59 Å². The number of piperidine rings is 1. The van der Waals surface area contributed by atoms with Crippen LogP contribution in [0.3, 0.4) is 0 Å². The summed E-state index contributed by atoms with van der Waals surface area (Å²) < 4.78 is 6.28. The van der Waals surface area contributed by atoms with Gasteiger partial charge in [-0.2, -0.15) is 0 Å². The molecule has 2 aliphatic heterocycles. The van der Waals surface area contributed by atoms with Crippen molar-refractivity contribution in [1.82, 2.24) is 10.2 Å². The third kappa shape index (κ3) is 5.31. The standard InChI is InChI=1S/C25H31N3O3.ClH/c1-19-24(30)28(22-6-4-3-5-7-22)18-25(31-19)13-16-27(17-14-25)15-12-20-8-10-21(11-9-20)23(29)26-2;/h3-11,19H,12-18H2,1-2H3,(H,26,29);1H. The minimum Gasteiger partial charge on any atom is -0.360 e. The molecule has 1 spiro atoms. The maximum absolute atomic E-state index is 12.7. The summed E-state index contributed by atoms with van der Waals surface area (Å²) in [6.45, 7) is 5.38. The molecule has 0 bridgehead atoms. The van der Waals surface area contributed by atoms with Crippen molar-refractivity contribution >= 4 is 29.9 Å². The summed E-state index contributed by atoms with van der Waals surface area (Å²) in [5, 5.41) is 2.65. The van der Waals surface area contributed by atoms with Crippen LogP contribution in [0.25, 0.3) is 0 Å². The number of nitrogens with zero attached hydrogens (tertiary/aromatic N) is 2. The van der Waals surface area contributed by atoms with Crippen LogP contribution in [0, 0.1) is 0 Å². The Bertz CT molecular complexity index is 912. The van der Waals surface area contributed by atoms with Crippen molar-refractivity contribution in [3.63, 3.8) is 0 Å². The first-order valence-corrected chi connectivity index (χ1v) is 11.1. The van der Waals surface area contributed by atoms with Crippen LogP contribution in [0.15, 0.2) is 54.6 Å². The Morgan fingerprint density at radius 1 is 1.09 bits per heavy atom. The number of halogens is 1. The molecule has 0 saturated carbocycles. The zero-order chi connectivity index (χ0) is 21.8. The van der Waals surface area contributed by atoms with Crippen LogP contribution < -0.4 is 10.2 Å². The summed E-state index contributed by atoms with van der Waals surface area (Å²) in [5.74, 6) is -0.0166. The molecule has 2 heterocycles. The molecule has 1 N–H and O–H groups in total. The molecule has 32 heavy (non-hydrogen) atoms. The van der Waals surface area contributed by atoms with Gasteiger partial charge in [0.15, 0.2) is 0 Å². The number of carbonyl (C=O) groups excluding carboxylic acids is 2. The molecule has 0 radical (unpaired) electrons. The summed E-state index contributed by atoms with van der Waals surface area (Å²) in [6, 6.07) is 17.7. The highest BCUT2D eigenvalue weighted by Crippen LogP contribution is 2.35. The average molecular weight is 458 g/mol. The fourth-order valence-corrected chi connectivity index (χ4v) is 4.59. The molecule has 1 unspecified atom stereocenters. The lowest BCUT2D eigenvalue weighted by Crippen LogP contribution is -2.61. The highest BCUT2D eigenvalue weighted by atomic mass is 35.5. The van der Waals surface area contributed by atoms with E-state index in [1.54, 1.807) is 7.05 Å². The molecular formula is C25H32ClN3O3. The maximum atomic E-state index is 12.7. The average Bonchev–Trinajstić information content (AvgIpc) is 2.81. The van der Waals surface area contributed by atoms with Crippen molar-refractivity contribution in [2.45, 2.75) is 37.9 Å². The second-order valence-corrected chi connectivity index (χ2v) is 8.57. The molecule has 0 aliphatic carbocycles. The SMILES string of the molecule is CNC(=O)c1ccc(CCN2CCC3(CC2)CN(c2ccccc2)C(=O)C(C)O3)cc1.Cl. The van der Waals surface area contributed by atoms with Crippen molar-refractivity contribution in [3.8, 4) is 0 Å². The van der Waals surface area contributed by atoms with Gasteiger partial charge in [-0.3, -0.25) is 9.59 Å². The second-order valence-electron chi connectivity index (χ2n) is 8.57. The van der Waals surface area contributed by atoms with Gasteiger partial charge in [-0.15, -0.1) is 12.4 Å². The van der Waals surface area contributed by atoms with Gasteiger partial charge in [0.25, 0.3) is 11.8 Å². The predicted molar refractivity (Wildman–Crippen MR) is 129 cm³/mol. The topological polar surface area (TPSA) is 61.9 Å². The Morgan fingerprint density at radius 3 is 2.38 bits per heavy atom. The fourth-order valence-electron chi connectivity index (χ4n) is 4.59. The van der Waals surface area contributed by atoms with Gasteiger partial charge in [-0.25, -0.2) is 0 Å². The lowest BCUT2D eigenvalue weighted by Gasteiger charge is -2.49. The number of hydrogen-bond acceptors (Lipinski definition) is 4. The monoisotopic (exact) mass is 457 g/mol. The van der Waals surface area contributed by atoms with Crippen molar-refractivity contribution < 1.29 is 14.3 Å². The molecule has 2 saturated heterocycles. The number of nitrogens with one attached hydrogen (secondary N) is 1. The first-order valence-electron chi connectivity index (χ1n) is 11.1. The number of anilines is 1. The quantitative estimate of drug-likeness (QED) is 0.748. The Balaban J connectivity index is 0.00000289. The zero-order valence-corrected chi connectivity index (χ0v) is 19.6. The van der Waals surface area contributed by atoms with E-state index in [1.807, 2.05) is 66.4 Å². The van der Waals surface area contributed by atoms with Crippen LogP contribution >= 0.6 is 12.4 Å². The summed E-state index contributed by atoms with van der Waals surface area (Å²) in [4.78, 5) is 28.8. The number of ether oxygens (including phenoxy) is 1. The van der Waals surface area contributed by atoms with Crippen molar-refractivity contribution in [2.75, 3.05) is 38.1 Å². The molecule has 0 aromatic heterocycles. The highest BCUT2D eigenvalue weighted by Gasteiger charge is 2.45. The number of rotatable bonds is 5. The smallest absolute Gasteiger partial charge is 0.255 e. The minimum absolute atomic E-state index is 0. The molecule has 1 atom stereocenters. The van der Waals surface area contributed by atoms with Crippen LogP contribution in [0.1, 0.15) is 35.7 Å². The molecule has 2 aliphatic rings. The van der Waals surface area contributed by atoms with E-state index in [0.717, 1.165) is 44.6 Å². The molecule has 2 fully saturated rings. The van der Waals surface area contributed by atoms with E-state index >= 15 is 0 Å². The summed E-state index contributed by atoms with van der Waals surface area (Å²) >= 11 is 0. The summed E-state index contributed by atoms with van der Waals surface area (Å²) in [7, 11) is 1.64. The van der Waals surface area contributed by atoms with E-state index in [-0.39, 0.29) is 29.8 Å². The molecule has 7 heteroatoms. The van der Waals surface area contributed by atoms with Crippen molar-refractivity contribution in [1.29, 1.82) is 0 Å². The van der Waals surface area contributed by atoms with Crippen molar-refractivity contribution in [3.05, 3.63) is 65.7 Å². The second kappa shape index (κ2) is 10.5. The molecular weight excluding hydrogens is 426 g/mol. The van der Waals surface area contributed by atoms with E-state index in [4.69, 9.17) is 4.74 Å². The van der Waals surface area contributed by atoms with Gasteiger partial charge in [-0.05, 0) is 56.0 Å².